The van der Waals surface area contributed by atoms with Crippen LogP contribution in [0.3, 0.4) is 0 Å². The van der Waals surface area contributed by atoms with Crippen molar-refractivity contribution in [1.29, 1.82) is 0 Å². The van der Waals surface area contributed by atoms with Crippen LogP contribution in [0, 0.1) is 15.2 Å². The monoisotopic (exact) mass is 403 g/mol. The summed E-state index contributed by atoms with van der Waals surface area (Å²) in [5, 5.41) is 3.16. The second kappa shape index (κ2) is 7.17. The zero-order chi connectivity index (χ0) is 15.4. The number of methoxy groups -OCH3 is 1. The van der Waals surface area contributed by atoms with Gasteiger partial charge in [0.1, 0.15) is 5.82 Å². The SMILES string of the molecule is CNC(Cc1cccc(OC)c1F)c1ccc(F)cc1I. The summed E-state index contributed by atoms with van der Waals surface area (Å²) in [7, 11) is 3.25. The predicted octanol–water partition coefficient (Wildman–Crippen LogP) is 4.08. The van der Waals surface area contributed by atoms with Gasteiger partial charge in [0.15, 0.2) is 11.6 Å². The fourth-order valence-corrected chi connectivity index (χ4v) is 3.10. The fraction of sp³-hybridized carbons (Fsp3) is 0.250. The van der Waals surface area contributed by atoms with Crippen molar-refractivity contribution in [2.75, 3.05) is 14.2 Å². The lowest BCUT2D eigenvalue weighted by molar-refractivity contribution is 0.383. The van der Waals surface area contributed by atoms with E-state index in [1.807, 2.05) is 7.05 Å². The summed E-state index contributed by atoms with van der Waals surface area (Å²) in [4.78, 5) is 0. The minimum atomic E-state index is -0.350. The van der Waals surface area contributed by atoms with Gasteiger partial charge in [-0.25, -0.2) is 8.78 Å². The number of ether oxygens (including phenoxy) is 1. The lowest BCUT2D eigenvalue weighted by Crippen LogP contribution is -2.20. The van der Waals surface area contributed by atoms with Crippen molar-refractivity contribution in [3.05, 3.63) is 62.7 Å². The minimum Gasteiger partial charge on any atom is -0.494 e. The van der Waals surface area contributed by atoms with Crippen LogP contribution in [-0.4, -0.2) is 14.2 Å². The molecule has 0 saturated carbocycles. The summed E-state index contributed by atoms with van der Waals surface area (Å²) in [6.45, 7) is 0. The van der Waals surface area contributed by atoms with Gasteiger partial charge in [0.2, 0.25) is 0 Å². The summed E-state index contributed by atoms with van der Waals surface area (Å²) in [5.41, 5.74) is 1.51. The Morgan fingerprint density at radius 2 is 2.00 bits per heavy atom. The first-order valence-corrected chi connectivity index (χ1v) is 7.58. The molecule has 1 N–H and O–H groups in total. The van der Waals surface area contributed by atoms with E-state index in [4.69, 9.17) is 4.74 Å². The zero-order valence-electron chi connectivity index (χ0n) is 11.8. The van der Waals surface area contributed by atoms with Crippen LogP contribution in [0.4, 0.5) is 8.78 Å². The molecule has 1 atom stereocenters. The minimum absolute atomic E-state index is 0.0980. The lowest BCUT2D eigenvalue weighted by Gasteiger charge is -2.19. The standard InChI is InChI=1S/C16H16F2INO/c1-20-14(12-7-6-11(17)9-13(12)19)8-10-4-3-5-15(21-2)16(10)18/h3-7,9,14,20H,8H2,1-2H3. The first-order chi connectivity index (χ1) is 10.1. The molecule has 0 heterocycles. The first kappa shape index (κ1) is 16.2. The summed E-state index contributed by atoms with van der Waals surface area (Å²) >= 11 is 2.09. The first-order valence-electron chi connectivity index (χ1n) is 6.50. The molecule has 2 nitrogen and oxygen atoms in total. The van der Waals surface area contributed by atoms with Crippen molar-refractivity contribution in [2.24, 2.45) is 0 Å². The van der Waals surface area contributed by atoms with Crippen LogP contribution in [0.25, 0.3) is 0 Å². The van der Waals surface area contributed by atoms with Crippen molar-refractivity contribution < 1.29 is 13.5 Å². The highest BCUT2D eigenvalue weighted by atomic mass is 127. The normalized spacial score (nSPS) is 12.2. The molecule has 0 amide bonds. The van der Waals surface area contributed by atoms with Crippen molar-refractivity contribution in [1.82, 2.24) is 5.32 Å². The second-order valence-corrected chi connectivity index (χ2v) is 5.81. The number of benzene rings is 2. The smallest absolute Gasteiger partial charge is 0.168 e. The van der Waals surface area contributed by atoms with Crippen LogP contribution in [0.5, 0.6) is 5.75 Å². The van der Waals surface area contributed by atoms with Gasteiger partial charge in [-0.15, -0.1) is 0 Å². The molecule has 5 heteroatoms. The van der Waals surface area contributed by atoms with Gasteiger partial charge in [0, 0.05) is 9.61 Å². The maximum Gasteiger partial charge on any atom is 0.168 e. The number of halogens is 3. The molecule has 1 unspecified atom stereocenters. The molecule has 2 aromatic rings. The van der Waals surface area contributed by atoms with Gasteiger partial charge in [-0.3, -0.25) is 0 Å². The van der Waals surface area contributed by atoms with Crippen LogP contribution in [0.15, 0.2) is 36.4 Å². The molecule has 0 bridgehead atoms. The molecule has 2 rings (SSSR count). The van der Waals surface area contributed by atoms with E-state index in [9.17, 15) is 8.78 Å². The lowest BCUT2D eigenvalue weighted by atomic mass is 9.98. The van der Waals surface area contributed by atoms with E-state index < -0.39 is 0 Å². The Labute approximate surface area is 136 Å². The predicted molar refractivity (Wildman–Crippen MR) is 87.6 cm³/mol. The van der Waals surface area contributed by atoms with E-state index in [2.05, 4.69) is 27.9 Å². The number of likely N-dealkylation sites (N-methyl/N-ethyl adjacent to an activating group) is 1. The third-order valence-corrected chi connectivity index (χ3v) is 4.31. The van der Waals surface area contributed by atoms with E-state index in [1.54, 1.807) is 24.3 Å². The van der Waals surface area contributed by atoms with Gasteiger partial charge in [-0.05, 0) is 65.4 Å². The Morgan fingerprint density at radius 1 is 1.24 bits per heavy atom. The maximum atomic E-state index is 14.2. The summed E-state index contributed by atoms with van der Waals surface area (Å²) in [5.74, 6) is -0.390. The molecular weight excluding hydrogens is 387 g/mol. The highest BCUT2D eigenvalue weighted by molar-refractivity contribution is 14.1. The quantitative estimate of drug-likeness (QED) is 0.760. The van der Waals surface area contributed by atoms with Crippen molar-refractivity contribution in [3.63, 3.8) is 0 Å². The van der Waals surface area contributed by atoms with Gasteiger partial charge in [0.25, 0.3) is 0 Å². The van der Waals surface area contributed by atoms with Gasteiger partial charge in [-0.2, -0.15) is 0 Å². The molecule has 0 spiro atoms. The van der Waals surface area contributed by atoms with Crippen molar-refractivity contribution in [3.8, 4) is 5.75 Å². The van der Waals surface area contributed by atoms with Gasteiger partial charge in [-0.1, -0.05) is 18.2 Å². The van der Waals surface area contributed by atoms with Gasteiger partial charge in [0.05, 0.1) is 7.11 Å². The maximum absolute atomic E-state index is 14.2. The largest absolute Gasteiger partial charge is 0.494 e. The van der Waals surface area contributed by atoms with E-state index in [1.165, 1.54) is 19.2 Å². The van der Waals surface area contributed by atoms with E-state index >= 15 is 0 Å². The van der Waals surface area contributed by atoms with Crippen molar-refractivity contribution in [2.45, 2.75) is 12.5 Å². The van der Waals surface area contributed by atoms with Crippen LogP contribution >= 0.6 is 22.6 Å². The average Bonchev–Trinajstić information content (AvgIpc) is 2.47. The molecule has 0 aliphatic carbocycles. The number of hydrogen-bond acceptors (Lipinski definition) is 2. The van der Waals surface area contributed by atoms with Crippen LogP contribution in [0.1, 0.15) is 17.2 Å². The molecule has 0 radical (unpaired) electrons. The Bertz CT molecular complexity index is 634. The molecular formula is C16H16F2INO. The third-order valence-electron chi connectivity index (χ3n) is 3.37. The second-order valence-electron chi connectivity index (χ2n) is 4.64. The van der Waals surface area contributed by atoms with E-state index in [0.717, 1.165) is 9.13 Å². The molecule has 2 aromatic carbocycles. The Kier molecular flexibility index (Phi) is 5.52. The molecule has 21 heavy (non-hydrogen) atoms. The summed E-state index contributed by atoms with van der Waals surface area (Å²) in [6, 6.07) is 9.62. The number of hydrogen-bond donors (Lipinski definition) is 1. The Hall–Kier alpha value is -1.21. The van der Waals surface area contributed by atoms with Gasteiger partial charge < -0.3 is 10.1 Å². The van der Waals surface area contributed by atoms with Gasteiger partial charge >= 0.3 is 0 Å². The van der Waals surface area contributed by atoms with Crippen LogP contribution in [0.2, 0.25) is 0 Å². The van der Waals surface area contributed by atoms with Crippen LogP contribution in [-0.2, 0) is 6.42 Å². The van der Waals surface area contributed by atoms with Crippen LogP contribution < -0.4 is 10.1 Å². The third kappa shape index (κ3) is 3.71. The molecule has 0 aromatic heterocycles. The summed E-state index contributed by atoms with van der Waals surface area (Å²) in [6.07, 6.45) is 0.459. The molecule has 0 aliphatic rings. The molecule has 112 valence electrons. The van der Waals surface area contributed by atoms with E-state index in [0.29, 0.717) is 12.0 Å². The molecule has 0 fully saturated rings. The van der Waals surface area contributed by atoms with E-state index in [-0.39, 0.29) is 23.4 Å². The highest BCUT2D eigenvalue weighted by Gasteiger charge is 2.17. The molecule has 0 saturated heterocycles. The fourth-order valence-electron chi connectivity index (χ4n) is 2.24. The van der Waals surface area contributed by atoms with Crippen molar-refractivity contribution >= 4 is 22.6 Å². The topological polar surface area (TPSA) is 21.3 Å². The number of rotatable bonds is 5. The molecule has 0 aliphatic heterocycles. The average molecular weight is 403 g/mol. The highest BCUT2D eigenvalue weighted by Crippen LogP contribution is 2.27. The Balaban J connectivity index is 2.31. The zero-order valence-corrected chi connectivity index (χ0v) is 13.9. The number of nitrogens with one attached hydrogen (secondary N) is 1. The Morgan fingerprint density at radius 3 is 2.62 bits per heavy atom. The summed E-state index contributed by atoms with van der Waals surface area (Å²) < 4.78 is 33.3.